The van der Waals surface area contributed by atoms with Crippen molar-refractivity contribution in [3.63, 3.8) is 0 Å². The van der Waals surface area contributed by atoms with Gasteiger partial charge in [0.15, 0.2) is 0 Å². The molecular formula is C12H16BrN. The van der Waals surface area contributed by atoms with E-state index in [0.717, 1.165) is 17.3 Å². The van der Waals surface area contributed by atoms with Crippen LogP contribution in [-0.2, 0) is 6.42 Å². The zero-order valence-corrected chi connectivity index (χ0v) is 10.0. The molecule has 0 aromatic heterocycles. The number of hydrogen-bond acceptors (Lipinski definition) is 1. The lowest BCUT2D eigenvalue weighted by atomic mass is 10.0. The molecule has 2 heteroatoms. The second-order valence-corrected chi connectivity index (χ2v) is 4.26. The summed E-state index contributed by atoms with van der Waals surface area (Å²) < 4.78 is 1.14. The van der Waals surface area contributed by atoms with E-state index in [2.05, 4.69) is 46.0 Å². The molecule has 0 saturated carbocycles. The van der Waals surface area contributed by atoms with E-state index >= 15 is 0 Å². The molecule has 0 heterocycles. The SMILES string of the molecule is C=CCC(Cc1cccc(Br)c1)NC. The van der Waals surface area contributed by atoms with Crippen molar-refractivity contribution in [2.75, 3.05) is 7.05 Å². The first-order chi connectivity index (χ1) is 6.76. The minimum Gasteiger partial charge on any atom is -0.316 e. The second kappa shape index (κ2) is 5.99. The van der Waals surface area contributed by atoms with Crippen LogP contribution in [0, 0.1) is 0 Å². The van der Waals surface area contributed by atoms with Crippen LogP contribution in [0.4, 0.5) is 0 Å². The van der Waals surface area contributed by atoms with Crippen molar-refractivity contribution in [3.8, 4) is 0 Å². The van der Waals surface area contributed by atoms with E-state index in [1.165, 1.54) is 5.56 Å². The van der Waals surface area contributed by atoms with E-state index in [1.54, 1.807) is 0 Å². The predicted molar refractivity (Wildman–Crippen MR) is 65.5 cm³/mol. The van der Waals surface area contributed by atoms with E-state index in [1.807, 2.05) is 19.2 Å². The molecule has 1 N–H and O–H groups in total. The Morgan fingerprint density at radius 2 is 2.36 bits per heavy atom. The van der Waals surface area contributed by atoms with Gasteiger partial charge in [0.25, 0.3) is 0 Å². The molecule has 0 bridgehead atoms. The summed E-state index contributed by atoms with van der Waals surface area (Å²) in [4.78, 5) is 0. The fraction of sp³-hybridized carbons (Fsp3) is 0.333. The minimum absolute atomic E-state index is 0.488. The lowest BCUT2D eigenvalue weighted by Crippen LogP contribution is -2.26. The van der Waals surface area contributed by atoms with Crippen LogP contribution >= 0.6 is 15.9 Å². The Hall–Kier alpha value is -0.600. The van der Waals surface area contributed by atoms with Crippen molar-refractivity contribution in [2.45, 2.75) is 18.9 Å². The van der Waals surface area contributed by atoms with Gasteiger partial charge in [-0.2, -0.15) is 0 Å². The number of hydrogen-bond donors (Lipinski definition) is 1. The number of halogens is 1. The molecule has 0 aliphatic heterocycles. The van der Waals surface area contributed by atoms with E-state index < -0.39 is 0 Å². The Morgan fingerprint density at radius 1 is 1.57 bits per heavy atom. The van der Waals surface area contributed by atoms with Crippen molar-refractivity contribution in [1.29, 1.82) is 0 Å². The summed E-state index contributed by atoms with van der Waals surface area (Å²) in [5, 5.41) is 3.28. The zero-order valence-electron chi connectivity index (χ0n) is 8.46. The van der Waals surface area contributed by atoms with Crippen molar-refractivity contribution in [2.24, 2.45) is 0 Å². The summed E-state index contributed by atoms with van der Waals surface area (Å²) >= 11 is 3.47. The third-order valence-electron chi connectivity index (χ3n) is 2.23. The van der Waals surface area contributed by atoms with Gasteiger partial charge in [-0.05, 0) is 37.6 Å². The van der Waals surface area contributed by atoms with Crippen molar-refractivity contribution in [3.05, 3.63) is 47.0 Å². The molecule has 14 heavy (non-hydrogen) atoms. The van der Waals surface area contributed by atoms with Crippen molar-refractivity contribution in [1.82, 2.24) is 5.32 Å². The molecule has 1 rings (SSSR count). The lowest BCUT2D eigenvalue weighted by molar-refractivity contribution is 0.566. The first-order valence-electron chi connectivity index (χ1n) is 4.79. The Balaban J connectivity index is 2.61. The van der Waals surface area contributed by atoms with Gasteiger partial charge in [0, 0.05) is 10.5 Å². The molecule has 1 unspecified atom stereocenters. The molecule has 1 atom stereocenters. The molecule has 0 radical (unpaired) electrons. The van der Waals surface area contributed by atoms with Gasteiger partial charge in [0.2, 0.25) is 0 Å². The van der Waals surface area contributed by atoms with Crippen molar-refractivity contribution < 1.29 is 0 Å². The van der Waals surface area contributed by atoms with E-state index in [0.29, 0.717) is 6.04 Å². The maximum atomic E-state index is 3.76. The maximum absolute atomic E-state index is 3.76. The fourth-order valence-electron chi connectivity index (χ4n) is 1.45. The predicted octanol–water partition coefficient (Wildman–Crippen LogP) is 3.16. The molecule has 1 aromatic rings. The van der Waals surface area contributed by atoms with E-state index in [9.17, 15) is 0 Å². The third kappa shape index (κ3) is 3.64. The molecule has 0 aliphatic rings. The summed E-state index contributed by atoms with van der Waals surface area (Å²) in [6, 6.07) is 8.92. The molecule has 0 aliphatic carbocycles. The van der Waals surface area contributed by atoms with Crippen LogP contribution in [0.5, 0.6) is 0 Å². The summed E-state index contributed by atoms with van der Waals surface area (Å²) in [6.07, 6.45) is 4.00. The maximum Gasteiger partial charge on any atom is 0.0178 e. The van der Waals surface area contributed by atoms with Gasteiger partial charge >= 0.3 is 0 Å². The van der Waals surface area contributed by atoms with Gasteiger partial charge in [-0.1, -0.05) is 34.1 Å². The number of likely N-dealkylation sites (N-methyl/N-ethyl adjacent to an activating group) is 1. The smallest absolute Gasteiger partial charge is 0.0178 e. The molecule has 1 aromatic carbocycles. The Kier molecular flexibility index (Phi) is 4.91. The van der Waals surface area contributed by atoms with E-state index in [-0.39, 0.29) is 0 Å². The van der Waals surface area contributed by atoms with Gasteiger partial charge in [-0.15, -0.1) is 6.58 Å². The molecule has 0 amide bonds. The molecule has 0 spiro atoms. The topological polar surface area (TPSA) is 12.0 Å². The van der Waals surface area contributed by atoms with Crippen LogP contribution in [0.3, 0.4) is 0 Å². The summed E-state index contributed by atoms with van der Waals surface area (Å²) in [6.45, 7) is 3.76. The Bertz CT molecular complexity index is 296. The molecule has 0 fully saturated rings. The van der Waals surface area contributed by atoms with Gasteiger partial charge in [0.05, 0.1) is 0 Å². The van der Waals surface area contributed by atoms with Crippen LogP contribution in [0.1, 0.15) is 12.0 Å². The summed E-state index contributed by atoms with van der Waals surface area (Å²) in [5.41, 5.74) is 1.35. The Labute approximate surface area is 94.3 Å². The quantitative estimate of drug-likeness (QED) is 0.796. The van der Waals surface area contributed by atoms with Gasteiger partial charge in [0.1, 0.15) is 0 Å². The van der Waals surface area contributed by atoms with Crippen LogP contribution in [0.2, 0.25) is 0 Å². The average Bonchev–Trinajstić information content (AvgIpc) is 2.17. The lowest BCUT2D eigenvalue weighted by Gasteiger charge is -2.13. The van der Waals surface area contributed by atoms with Gasteiger partial charge in [-0.3, -0.25) is 0 Å². The molecular weight excluding hydrogens is 238 g/mol. The highest BCUT2D eigenvalue weighted by atomic mass is 79.9. The highest BCUT2D eigenvalue weighted by molar-refractivity contribution is 9.10. The minimum atomic E-state index is 0.488. The van der Waals surface area contributed by atoms with Crippen LogP contribution in [0.15, 0.2) is 41.4 Å². The van der Waals surface area contributed by atoms with E-state index in [4.69, 9.17) is 0 Å². The summed E-state index contributed by atoms with van der Waals surface area (Å²) in [7, 11) is 1.99. The largest absolute Gasteiger partial charge is 0.316 e. The number of benzene rings is 1. The summed E-state index contributed by atoms with van der Waals surface area (Å²) in [5.74, 6) is 0. The highest BCUT2D eigenvalue weighted by Gasteiger charge is 2.04. The van der Waals surface area contributed by atoms with Crippen LogP contribution in [0.25, 0.3) is 0 Å². The second-order valence-electron chi connectivity index (χ2n) is 3.34. The van der Waals surface area contributed by atoms with Crippen LogP contribution < -0.4 is 5.32 Å². The van der Waals surface area contributed by atoms with Crippen molar-refractivity contribution >= 4 is 15.9 Å². The standard InChI is InChI=1S/C12H16BrN/c1-3-5-12(14-2)9-10-6-4-7-11(13)8-10/h3-4,6-8,12,14H,1,5,9H2,2H3. The molecule has 0 saturated heterocycles. The zero-order chi connectivity index (χ0) is 10.4. The first-order valence-corrected chi connectivity index (χ1v) is 5.58. The van der Waals surface area contributed by atoms with Gasteiger partial charge < -0.3 is 5.32 Å². The number of nitrogens with one attached hydrogen (secondary N) is 1. The highest BCUT2D eigenvalue weighted by Crippen LogP contribution is 2.13. The molecule has 1 nitrogen and oxygen atoms in total. The third-order valence-corrected chi connectivity index (χ3v) is 2.72. The average molecular weight is 254 g/mol. The monoisotopic (exact) mass is 253 g/mol. The normalized spacial score (nSPS) is 12.4. The van der Waals surface area contributed by atoms with Crippen LogP contribution in [-0.4, -0.2) is 13.1 Å². The molecule has 76 valence electrons. The number of rotatable bonds is 5. The van der Waals surface area contributed by atoms with Gasteiger partial charge in [-0.25, -0.2) is 0 Å². The Morgan fingerprint density at radius 3 is 2.93 bits per heavy atom. The fourth-order valence-corrected chi connectivity index (χ4v) is 1.90. The first kappa shape index (κ1) is 11.5.